The van der Waals surface area contributed by atoms with E-state index in [0.29, 0.717) is 56.8 Å². The Morgan fingerprint density at radius 2 is 0.895 bits per heavy atom. The molecule has 36 heteroatoms. The molecule has 2 aromatic carbocycles. The van der Waals surface area contributed by atoms with Gasteiger partial charge in [-0.3, -0.25) is 33.3 Å². The van der Waals surface area contributed by atoms with E-state index in [0.717, 1.165) is 17.5 Å². The first-order valence-electron chi connectivity index (χ1n) is 25.2. The predicted molar refractivity (Wildman–Crippen MR) is 298 cm³/mol. The summed E-state index contributed by atoms with van der Waals surface area (Å²) in [6.45, 7) is 4.93. The summed E-state index contributed by atoms with van der Waals surface area (Å²) in [5.41, 5.74) is 13.6. The number of rotatable bonds is 32. The Morgan fingerprint density at radius 3 is 1.26 bits per heavy atom. The largest absolute Gasteiger partial charge is 0.508 e. The zero-order valence-electron chi connectivity index (χ0n) is 46.7. The number of amides is 6. The highest BCUT2D eigenvalue weighted by atomic mass is 32.1. The Labute approximate surface area is 497 Å². The van der Waals surface area contributed by atoms with Gasteiger partial charge >= 0.3 is 78.3 Å². The highest BCUT2D eigenvalue weighted by Gasteiger charge is 2.30. The fourth-order valence-corrected chi connectivity index (χ4v) is 7.92. The summed E-state index contributed by atoms with van der Waals surface area (Å²) < 4.78 is 11.8. The van der Waals surface area contributed by atoms with Crippen LogP contribution in [0, 0.1) is 5.92 Å². The van der Waals surface area contributed by atoms with Gasteiger partial charge in [0.2, 0.25) is 7.37 Å². The van der Waals surface area contributed by atoms with Gasteiger partial charge < -0.3 is 89.1 Å². The van der Waals surface area contributed by atoms with Crippen molar-refractivity contribution in [3.63, 3.8) is 0 Å². The van der Waals surface area contributed by atoms with Crippen LogP contribution in [0.25, 0.3) is 0 Å². The Bertz CT molecular complexity index is 2400. The minimum absolute atomic E-state index is 0.0367. The van der Waals surface area contributed by atoms with E-state index in [1.807, 2.05) is 24.3 Å². The van der Waals surface area contributed by atoms with Gasteiger partial charge in [-0.15, -0.1) is 0 Å². The van der Waals surface area contributed by atoms with Gasteiger partial charge in [0.1, 0.15) is 17.8 Å². The van der Waals surface area contributed by atoms with E-state index in [-0.39, 0.29) is 86.9 Å². The number of carboxylic acids is 7. The Kier molecular flexibility index (Phi) is 53.5. The number of carbonyl (C=O) groups excluding carboxylic acids is 9. The number of nitrogen functional groups attached to an aromatic ring is 1. The van der Waals surface area contributed by atoms with E-state index in [1.165, 1.54) is 0 Å². The number of aliphatic carboxylic acids is 7. The number of phenolic OH excluding ortho intramolecular Hbond substituents is 1. The van der Waals surface area contributed by atoms with Crippen LogP contribution in [0.3, 0.4) is 0 Å². The average Bonchev–Trinajstić information content (AvgIpc) is 3.58. The number of nitrogens with two attached hydrogens (primary N) is 2. The summed E-state index contributed by atoms with van der Waals surface area (Å²) in [5.74, 6) is -8.39. The van der Waals surface area contributed by atoms with Gasteiger partial charge in [-0.1, -0.05) is 24.3 Å². The van der Waals surface area contributed by atoms with E-state index in [9.17, 15) is 57.4 Å². The molecule has 6 amide bonds. The molecule has 2 rings (SSSR count). The number of hydrogen-bond donors (Lipinski definition) is 18. The molecule has 0 aromatic heterocycles. The van der Waals surface area contributed by atoms with Crippen LogP contribution in [0.15, 0.2) is 48.5 Å². The number of anilines is 1. The molecular weight excluding hydrogens is 1190 g/mol. The zero-order valence-corrected chi connectivity index (χ0v) is 48.5. The van der Waals surface area contributed by atoms with Crippen molar-refractivity contribution < 1.29 is 127 Å². The maximum Gasteiger partial charge on any atom is 0.373 e. The summed E-state index contributed by atoms with van der Waals surface area (Å²) in [6.07, 6.45) is 1.29. The van der Waals surface area contributed by atoms with E-state index < -0.39 is 91.9 Å². The standard InChI is InChI=1S/C14H21N3O3.C14H20N2O4.C10H18NO8P.C9H16N2O5S.3CO2/c1-10(2-7-13(18)19)17-14(20)16-9-8-11-3-5-12(15)6-4-11;1-10(2-7-13(18)19)16-14(20)15-9-8-11-3-5-12(17)6-4-11;11-7(10(16)17)3-4-20(18,19)5-6(9(14)15)1-2-8(12)13;12-7(13)3-2-6(8(14)15)11-9(16)10-4-1-5-17;3*2-1-3/h3-6,10H,2,7-9,15H2,1H3,(H,18,19)(H2,16,17,20);3-6,10,17H,2,7-9H2,1H3,(H,18,19)(H2,15,16,20);6-7H,1-5,11H2,(H,12,13)(H,14,15)(H,16,17)(H,18,19);6,17H,1-5H2,(H,12,13)(H,14,15)(H2,10,11,16);;;/t2*10-;;6-;;;/m11.0.../s1. The molecule has 0 aliphatic carbocycles. The number of benzene rings is 2. The van der Waals surface area contributed by atoms with Crippen LogP contribution in [-0.4, -0.2) is 186 Å². The zero-order chi connectivity index (χ0) is 67.2. The molecule has 0 bridgehead atoms. The minimum Gasteiger partial charge on any atom is -0.508 e. The molecule has 482 valence electrons. The number of urea groups is 3. The third-order valence-electron chi connectivity index (χ3n) is 10.2. The molecule has 0 spiro atoms. The number of hydrogen-bond acceptors (Lipinski definition) is 21. The SMILES string of the molecule is C[C@H](CCC(=O)O)NC(=O)NCCc1ccc(N)cc1.C[C@H](CCC(=O)O)NC(=O)NCCc1ccc(O)cc1.NC(CCP(=O)(O)CC(CCC(=O)O)C(=O)O)C(=O)O.O=C(O)CC[C@H](NC(=O)NCCCS)C(=O)O.O=C=O.O=C=O.O=C=O. The second kappa shape index (κ2) is 53.8. The van der Waals surface area contributed by atoms with Crippen LogP contribution in [0.4, 0.5) is 20.1 Å². The topological polar surface area (TPSA) is 596 Å². The lowest BCUT2D eigenvalue weighted by Gasteiger charge is -2.17. The fourth-order valence-electron chi connectivity index (χ4n) is 5.87. The van der Waals surface area contributed by atoms with Crippen LogP contribution >= 0.6 is 20.0 Å². The maximum atomic E-state index is 11.8. The summed E-state index contributed by atoms with van der Waals surface area (Å²) in [5, 5.41) is 84.7. The molecule has 34 nitrogen and oxygen atoms in total. The van der Waals surface area contributed by atoms with Crippen molar-refractivity contribution in [3.8, 4) is 5.75 Å². The van der Waals surface area contributed by atoms with Gasteiger partial charge in [-0.2, -0.15) is 41.4 Å². The Hall–Kier alpha value is -9.22. The second-order valence-corrected chi connectivity index (χ2v) is 20.3. The van der Waals surface area contributed by atoms with E-state index >= 15 is 0 Å². The third-order valence-corrected chi connectivity index (χ3v) is 12.5. The van der Waals surface area contributed by atoms with E-state index in [1.54, 1.807) is 38.1 Å². The molecule has 2 aromatic rings. The van der Waals surface area contributed by atoms with Crippen molar-refractivity contribution in [3.05, 3.63) is 59.7 Å². The maximum absolute atomic E-state index is 11.8. The van der Waals surface area contributed by atoms with Crippen LogP contribution in [0.5, 0.6) is 5.75 Å². The molecule has 19 N–H and O–H groups in total. The molecule has 6 atom stereocenters. The van der Waals surface area contributed by atoms with Gasteiger partial charge in [0.25, 0.3) is 0 Å². The molecule has 86 heavy (non-hydrogen) atoms. The van der Waals surface area contributed by atoms with Gasteiger partial charge in [-0.25, -0.2) is 19.2 Å². The van der Waals surface area contributed by atoms with E-state index in [4.69, 9.17) is 81.1 Å². The summed E-state index contributed by atoms with van der Waals surface area (Å²) in [7, 11) is -3.87. The Balaban J connectivity index is -0.000000323. The van der Waals surface area contributed by atoms with Gasteiger partial charge in [0.15, 0.2) is 0 Å². The smallest absolute Gasteiger partial charge is 0.373 e. The fraction of sp³-hybridized carbons (Fsp3) is 0.500. The van der Waals surface area contributed by atoms with Crippen LogP contribution in [0.2, 0.25) is 0 Å². The lowest BCUT2D eigenvalue weighted by molar-refractivity contribution is -0.193. The number of nitrogens with one attached hydrogen (secondary N) is 6. The number of carboxylic acid groups (broad SMARTS) is 7. The van der Waals surface area contributed by atoms with Gasteiger partial charge in [-0.05, 0) is 106 Å². The first kappa shape index (κ1) is 85.6. The molecule has 0 heterocycles. The minimum atomic E-state index is -3.87. The predicted octanol–water partition coefficient (Wildman–Crippen LogP) is 0.648. The molecule has 3 unspecified atom stereocenters. The quantitative estimate of drug-likeness (QED) is 0.0207. The highest BCUT2D eigenvalue weighted by molar-refractivity contribution is 7.80. The van der Waals surface area contributed by atoms with Crippen molar-refractivity contribution in [2.75, 3.05) is 43.4 Å². The molecule has 0 saturated carbocycles. The molecule has 0 saturated heterocycles. The van der Waals surface area contributed by atoms with Gasteiger partial charge in [0.05, 0.1) is 5.92 Å². The third kappa shape index (κ3) is 59.4. The van der Waals surface area contributed by atoms with Crippen LogP contribution in [-0.2, 0) is 79.7 Å². The highest BCUT2D eigenvalue weighted by Crippen LogP contribution is 2.44. The number of aromatic hydroxyl groups is 1. The molecule has 0 aliphatic heterocycles. The first-order chi connectivity index (χ1) is 40.2. The number of thiol groups is 1. The Morgan fingerprint density at radius 1 is 0.535 bits per heavy atom. The van der Waals surface area contributed by atoms with Crippen LogP contribution in [0.1, 0.15) is 89.2 Å². The van der Waals surface area contributed by atoms with Crippen molar-refractivity contribution in [2.24, 2.45) is 11.7 Å². The van der Waals surface area contributed by atoms with E-state index in [2.05, 4.69) is 44.5 Å². The summed E-state index contributed by atoms with van der Waals surface area (Å²) in [6, 6.07) is 10.2. The van der Waals surface area contributed by atoms with Crippen LogP contribution < -0.4 is 43.4 Å². The van der Waals surface area contributed by atoms with Crippen molar-refractivity contribution in [1.29, 1.82) is 0 Å². The molecular formula is C50H75N8O26PS. The average molecular weight is 1270 g/mol. The number of phenols is 1. The lowest BCUT2D eigenvalue weighted by atomic mass is 10.1. The first-order valence-corrected chi connectivity index (χ1v) is 27.8. The normalized spacial score (nSPS) is 11.9. The van der Waals surface area contributed by atoms with Crippen molar-refractivity contribution >= 4 is 104 Å². The van der Waals surface area contributed by atoms with Crippen molar-refractivity contribution in [1.82, 2.24) is 31.9 Å². The summed E-state index contributed by atoms with van der Waals surface area (Å²) >= 11 is 3.95. The lowest BCUT2D eigenvalue weighted by Crippen LogP contribution is -2.46. The molecule has 0 aliphatic rings. The second-order valence-electron chi connectivity index (χ2n) is 17.4. The van der Waals surface area contributed by atoms with Gasteiger partial charge in [0, 0.05) is 75.4 Å². The number of carbonyl (C=O) groups is 10. The van der Waals surface area contributed by atoms with Crippen molar-refractivity contribution in [2.45, 2.75) is 115 Å². The molecule has 0 radical (unpaired) electrons. The molecule has 0 fully saturated rings. The monoisotopic (exact) mass is 1270 g/mol. The summed E-state index contributed by atoms with van der Waals surface area (Å²) in [4.78, 5) is 166.